The molecule has 0 spiro atoms. The topological polar surface area (TPSA) is 50.5 Å². The van der Waals surface area contributed by atoms with Crippen molar-refractivity contribution in [3.05, 3.63) is 95.5 Å². The first-order valence-corrected chi connectivity index (χ1v) is 9.50. The minimum atomic E-state index is -0.0820. The molecule has 2 aromatic carbocycles. The van der Waals surface area contributed by atoms with Crippen molar-refractivity contribution in [3.63, 3.8) is 0 Å². The van der Waals surface area contributed by atoms with Crippen LogP contribution in [-0.2, 0) is 6.54 Å². The summed E-state index contributed by atoms with van der Waals surface area (Å²) >= 11 is 0. The molecule has 3 aromatic rings. The molecule has 5 heteroatoms. The van der Waals surface area contributed by atoms with Gasteiger partial charge in [-0.05, 0) is 23.6 Å². The first kappa shape index (κ1) is 18.0. The molecule has 1 aromatic heterocycles. The number of fused-ring (bicyclic) bond motifs is 1. The Morgan fingerprint density at radius 3 is 2.32 bits per heavy atom. The zero-order valence-corrected chi connectivity index (χ0v) is 15.9. The Morgan fingerprint density at radius 2 is 1.61 bits per heavy atom. The van der Waals surface area contributed by atoms with Gasteiger partial charge in [-0.3, -0.25) is 4.79 Å². The van der Waals surface area contributed by atoms with Crippen molar-refractivity contribution in [2.45, 2.75) is 13.5 Å². The van der Waals surface area contributed by atoms with Gasteiger partial charge in [0.05, 0.1) is 16.9 Å². The Morgan fingerprint density at radius 1 is 0.964 bits per heavy atom. The predicted octanol–water partition coefficient (Wildman–Crippen LogP) is 3.62. The van der Waals surface area contributed by atoms with Crippen molar-refractivity contribution in [3.8, 4) is 0 Å². The van der Waals surface area contributed by atoms with E-state index in [4.69, 9.17) is 0 Å². The number of carbonyl (C=O) groups is 1. The summed E-state index contributed by atoms with van der Waals surface area (Å²) in [5.74, 6) is 0.217. The molecule has 28 heavy (non-hydrogen) atoms. The lowest BCUT2D eigenvalue weighted by molar-refractivity contribution is -0.605. The second-order valence-electron chi connectivity index (χ2n) is 7.32. The number of aromatic nitrogens is 1. The van der Waals surface area contributed by atoms with Gasteiger partial charge >= 0.3 is 0 Å². The SMILES string of the molecule is C[C@H]1CN(Cc2ccccc2)c2ccccc2N(C(=O)c2cc[n+]([O-])cc2)C1. The van der Waals surface area contributed by atoms with Gasteiger partial charge in [-0.25, -0.2) is 0 Å². The summed E-state index contributed by atoms with van der Waals surface area (Å²) in [6.45, 7) is 4.46. The van der Waals surface area contributed by atoms with Gasteiger partial charge in [-0.2, -0.15) is 4.73 Å². The van der Waals surface area contributed by atoms with Crippen LogP contribution in [0.1, 0.15) is 22.8 Å². The molecule has 0 saturated heterocycles. The van der Waals surface area contributed by atoms with Crippen LogP contribution in [0.3, 0.4) is 0 Å². The molecule has 0 saturated carbocycles. The largest absolute Gasteiger partial charge is 0.619 e. The van der Waals surface area contributed by atoms with Crippen molar-refractivity contribution in [1.82, 2.24) is 0 Å². The van der Waals surface area contributed by atoms with Gasteiger partial charge in [0.2, 0.25) is 0 Å². The Labute approximate surface area is 165 Å². The molecule has 5 nitrogen and oxygen atoms in total. The van der Waals surface area contributed by atoms with E-state index >= 15 is 0 Å². The zero-order chi connectivity index (χ0) is 19.5. The lowest BCUT2D eigenvalue weighted by atomic mass is 10.1. The lowest BCUT2D eigenvalue weighted by Gasteiger charge is -2.27. The second-order valence-corrected chi connectivity index (χ2v) is 7.32. The summed E-state index contributed by atoms with van der Waals surface area (Å²) in [6, 6.07) is 21.6. The molecule has 1 atom stereocenters. The molecule has 0 bridgehead atoms. The van der Waals surface area contributed by atoms with Crippen LogP contribution in [0.4, 0.5) is 11.4 Å². The zero-order valence-electron chi connectivity index (χ0n) is 15.9. The highest BCUT2D eigenvalue weighted by atomic mass is 16.5. The smallest absolute Gasteiger partial charge is 0.258 e. The maximum Gasteiger partial charge on any atom is 0.258 e. The average Bonchev–Trinajstić information content (AvgIpc) is 2.85. The van der Waals surface area contributed by atoms with Gasteiger partial charge in [0.25, 0.3) is 5.91 Å². The van der Waals surface area contributed by atoms with Gasteiger partial charge in [-0.15, -0.1) is 0 Å². The number of carbonyl (C=O) groups excluding carboxylic acids is 1. The standard InChI is InChI=1S/C23H23N3O2/c1-18-15-24(17-19-7-3-2-4-8-19)21-9-5-6-10-22(21)26(16-18)23(27)20-11-13-25(28)14-12-20/h2-14,18H,15-17H2,1H3/t18-/m0/s1. The van der Waals surface area contributed by atoms with Gasteiger partial charge in [0, 0.05) is 31.8 Å². The van der Waals surface area contributed by atoms with E-state index in [-0.39, 0.29) is 5.91 Å². The van der Waals surface area contributed by atoms with E-state index in [1.54, 1.807) is 12.1 Å². The Hall–Kier alpha value is -3.34. The fourth-order valence-electron chi connectivity index (χ4n) is 3.76. The first-order chi connectivity index (χ1) is 13.6. The molecule has 142 valence electrons. The van der Waals surface area contributed by atoms with Crippen LogP contribution >= 0.6 is 0 Å². The van der Waals surface area contributed by atoms with Gasteiger partial charge in [0.1, 0.15) is 0 Å². The molecular formula is C23H23N3O2. The predicted molar refractivity (Wildman–Crippen MR) is 110 cm³/mol. The summed E-state index contributed by atoms with van der Waals surface area (Å²) in [7, 11) is 0. The van der Waals surface area contributed by atoms with Crippen LogP contribution in [-0.4, -0.2) is 19.0 Å². The molecule has 0 N–H and O–H groups in total. The third-order valence-electron chi connectivity index (χ3n) is 5.05. The number of pyridine rings is 1. The normalized spacial score (nSPS) is 16.4. The Balaban J connectivity index is 1.70. The van der Waals surface area contributed by atoms with Crippen LogP contribution in [0.25, 0.3) is 0 Å². The van der Waals surface area contributed by atoms with E-state index in [0.717, 1.165) is 24.5 Å². The highest BCUT2D eigenvalue weighted by Crippen LogP contribution is 2.35. The molecular weight excluding hydrogens is 350 g/mol. The number of anilines is 2. The molecule has 0 unspecified atom stereocenters. The monoisotopic (exact) mass is 373 g/mol. The van der Waals surface area contributed by atoms with E-state index in [9.17, 15) is 10.0 Å². The highest BCUT2D eigenvalue weighted by Gasteiger charge is 2.28. The molecule has 1 aliphatic rings. The molecule has 0 fully saturated rings. The fraction of sp³-hybridized carbons (Fsp3) is 0.217. The molecule has 1 amide bonds. The van der Waals surface area contributed by atoms with Crippen LogP contribution in [0, 0.1) is 11.1 Å². The van der Waals surface area contributed by atoms with Crippen LogP contribution in [0.2, 0.25) is 0 Å². The number of nitrogens with zero attached hydrogens (tertiary/aromatic N) is 3. The van der Waals surface area contributed by atoms with Crippen LogP contribution in [0.5, 0.6) is 0 Å². The number of para-hydroxylation sites is 2. The number of hydrogen-bond donors (Lipinski definition) is 0. The number of benzene rings is 2. The highest BCUT2D eigenvalue weighted by molar-refractivity contribution is 6.07. The van der Waals surface area contributed by atoms with Crippen molar-refractivity contribution in [2.75, 3.05) is 22.9 Å². The Kier molecular flexibility index (Phi) is 4.98. The van der Waals surface area contributed by atoms with E-state index in [0.29, 0.717) is 22.8 Å². The third-order valence-corrected chi connectivity index (χ3v) is 5.05. The van der Waals surface area contributed by atoms with Crippen LogP contribution < -0.4 is 14.5 Å². The second kappa shape index (κ2) is 7.72. The van der Waals surface area contributed by atoms with E-state index in [1.807, 2.05) is 29.2 Å². The van der Waals surface area contributed by atoms with Gasteiger partial charge < -0.3 is 15.0 Å². The van der Waals surface area contributed by atoms with Gasteiger partial charge in [0.15, 0.2) is 12.4 Å². The molecule has 1 aliphatic heterocycles. The summed E-state index contributed by atoms with van der Waals surface area (Å²) in [6.07, 6.45) is 2.73. The quantitative estimate of drug-likeness (QED) is 0.520. The van der Waals surface area contributed by atoms with Crippen LogP contribution in [0.15, 0.2) is 79.1 Å². The number of amides is 1. The summed E-state index contributed by atoms with van der Waals surface area (Å²) < 4.78 is 0.692. The summed E-state index contributed by atoms with van der Waals surface area (Å²) in [4.78, 5) is 17.4. The van der Waals surface area contributed by atoms with Crippen molar-refractivity contribution >= 4 is 17.3 Å². The summed E-state index contributed by atoms with van der Waals surface area (Å²) in [5.41, 5.74) is 3.73. The van der Waals surface area contributed by atoms with Crippen molar-refractivity contribution in [1.29, 1.82) is 0 Å². The van der Waals surface area contributed by atoms with E-state index < -0.39 is 0 Å². The van der Waals surface area contributed by atoms with Crippen molar-refractivity contribution < 1.29 is 9.52 Å². The third kappa shape index (κ3) is 3.69. The minimum absolute atomic E-state index is 0.0820. The molecule has 4 rings (SSSR count). The van der Waals surface area contributed by atoms with Gasteiger partial charge in [-0.1, -0.05) is 49.4 Å². The molecule has 0 aliphatic carbocycles. The van der Waals surface area contributed by atoms with E-state index in [1.165, 1.54) is 18.0 Å². The summed E-state index contributed by atoms with van der Waals surface area (Å²) in [5, 5.41) is 11.3. The number of rotatable bonds is 3. The minimum Gasteiger partial charge on any atom is -0.619 e. The average molecular weight is 373 g/mol. The van der Waals surface area contributed by atoms with Crippen molar-refractivity contribution in [2.24, 2.45) is 5.92 Å². The maximum absolute atomic E-state index is 13.2. The number of hydrogen-bond acceptors (Lipinski definition) is 3. The molecule has 0 radical (unpaired) electrons. The Bertz CT molecular complexity index is 957. The van der Waals surface area contributed by atoms with E-state index in [2.05, 4.69) is 42.2 Å². The maximum atomic E-state index is 13.2. The fourth-order valence-corrected chi connectivity index (χ4v) is 3.76. The first-order valence-electron chi connectivity index (χ1n) is 9.50. The molecule has 2 heterocycles. The lowest BCUT2D eigenvalue weighted by Crippen LogP contribution is -2.35.